The van der Waals surface area contributed by atoms with Gasteiger partial charge in [-0.15, -0.1) is 0 Å². The van der Waals surface area contributed by atoms with Crippen LogP contribution in [0.2, 0.25) is 0 Å². The standard InChI is InChI=1S/C15H31N3O/c1-5-16-15(17-9-13(4)10-19)18-14-7-11(2)6-12(3)8-14/h11-14,19H,5-10H2,1-4H3,(H2,16,17,18). The number of aliphatic hydroxyl groups is 1. The predicted molar refractivity (Wildman–Crippen MR) is 81.3 cm³/mol. The monoisotopic (exact) mass is 269 g/mol. The zero-order valence-electron chi connectivity index (χ0n) is 12.9. The SMILES string of the molecule is CCNC(=NCC(C)CO)NC1CC(C)CC(C)C1. The molecule has 0 heterocycles. The molecule has 1 aliphatic carbocycles. The molecule has 1 rings (SSSR count). The molecule has 112 valence electrons. The quantitative estimate of drug-likeness (QED) is 0.528. The van der Waals surface area contributed by atoms with Gasteiger partial charge in [0.15, 0.2) is 5.96 Å². The molecule has 0 aromatic rings. The second kappa shape index (κ2) is 8.41. The summed E-state index contributed by atoms with van der Waals surface area (Å²) >= 11 is 0. The number of aliphatic imine (C=N–C) groups is 1. The van der Waals surface area contributed by atoms with Gasteiger partial charge in [0.25, 0.3) is 0 Å². The van der Waals surface area contributed by atoms with Crippen LogP contribution in [0.15, 0.2) is 4.99 Å². The minimum Gasteiger partial charge on any atom is -0.396 e. The lowest BCUT2D eigenvalue weighted by atomic mass is 9.80. The van der Waals surface area contributed by atoms with E-state index in [2.05, 4.69) is 36.4 Å². The predicted octanol–water partition coefficient (Wildman–Crippen LogP) is 1.99. The summed E-state index contributed by atoms with van der Waals surface area (Å²) < 4.78 is 0. The lowest BCUT2D eigenvalue weighted by Gasteiger charge is -2.33. The van der Waals surface area contributed by atoms with E-state index in [1.165, 1.54) is 19.3 Å². The topological polar surface area (TPSA) is 56.7 Å². The molecule has 0 bridgehead atoms. The first kappa shape index (κ1) is 16.3. The van der Waals surface area contributed by atoms with E-state index in [9.17, 15) is 0 Å². The average molecular weight is 269 g/mol. The van der Waals surface area contributed by atoms with Gasteiger partial charge in [0, 0.05) is 25.7 Å². The molecule has 3 unspecified atom stereocenters. The van der Waals surface area contributed by atoms with Crippen LogP contribution in [0.5, 0.6) is 0 Å². The third-order valence-electron chi connectivity index (χ3n) is 3.74. The number of hydrogen-bond acceptors (Lipinski definition) is 2. The highest BCUT2D eigenvalue weighted by Gasteiger charge is 2.24. The first-order valence-corrected chi connectivity index (χ1v) is 7.70. The second-order valence-electron chi connectivity index (χ2n) is 6.27. The molecule has 0 amide bonds. The first-order valence-electron chi connectivity index (χ1n) is 7.70. The highest BCUT2D eigenvalue weighted by atomic mass is 16.3. The maximum atomic E-state index is 9.06. The Morgan fingerprint density at radius 1 is 1.26 bits per heavy atom. The van der Waals surface area contributed by atoms with Crippen LogP contribution in [-0.4, -0.2) is 36.8 Å². The summed E-state index contributed by atoms with van der Waals surface area (Å²) in [7, 11) is 0. The van der Waals surface area contributed by atoms with Crippen molar-refractivity contribution in [2.75, 3.05) is 19.7 Å². The number of nitrogens with zero attached hydrogens (tertiary/aromatic N) is 1. The molecular formula is C15H31N3O. The Hall–Kier alpha value is -0.770. The Morgan fingerprint density at radius 2 is 1.89 bits per heavy atom. The number of guanidine groups is 1. The maximum absolute atomic E-state index is 9.06. The van der Waals surface area contributed by atoms with Gasteiger partial charge in [-0.3, -0.25) is 4.99 Å². The number of rotatable bonds is 5. The van der Waals surface area contributed by atoms with E-state index in [1.54, 1.807) is 0 Å². The molecule has 19 heavy (non-hydrogen) atoms. The molecule has 0 spiro atoms. The summed E-state index contributed by atoms with van der Waals surface area (Å²) in [6.07, 6.45) is 3.79. The molecule has 3 N–H and O–H groups in total. The van der Waals surface area contributed by atoms with Crippen molar-refractivity contribution in [3.63, 3.8) is 0 Å². The van der Waals surface area contributed by atoms with Crippen molar-refractivity contribution in [2.24, 2.45) is 22.7 Å². The molecule has 4 nitrogen and oxygen atoms in total. The van der Waals surface area contributed by atoms with E-state index in [-0.39, 0.29) is 12.5 Å². The summed E-state index contributed by atoms with van der Waals surface area (Å²) in [6.45, 7) is 10.5. The summed E-state index contributed by atoms with van der Waals surface area (Å²) in [5, 5.41) is 15.9. The second-order valence-corrected chi connectivity index (χ2v) is 6.27. The third-order valence-corrected chi connectivity index (χ3v) is 3.74. The Labute approximate surface area is 118 Å². The summed E-state index contributed by atoms with van der Waals surface area (Å²) in [5.74, 6) is 2.70. The van der Waals surface area contributed by atoms with Crippen molar-refractivity contribution >= 4 is 5.96 Å². The van der Waals surface area contributed by atoms with E-state index in [4.69, 9.17) is 5.11 Å². The zero-order valence-corrected chi connectivity index (χ0v) is 12.9. The van der Waals surface area contributed by atoms with Crippen LogP contribution in [0.1, 0.15) is 47.0 Å². The van der Waals surface area contributed by atoms with Crippen molar-refractivity contribution in [1.82, 2.24) is 10.6 Å². The Kier molecular flexibility index (Phi) is 7.21. The lowest BCUT2D eigenvalue weighted by molar-refractivity contribution is 0.241. The smallest absolute Gasteiger partial charge is 0.191 e. The van der Waals surface area contributed by atoms with Crippen LogP contribution in [-0.2, 0) is 0 Å². The van der Waals surface area contributed by atoms with E-state index < -0.39 is 0 Å². The maximum Gasteiger partial charge on any atom is 0.191 e. The van der Waals surface area contributed by atoms with Crippen LogP contribution in [0, 0.1) is 17.8 Å². The van der Waals surface area contributed by atoms with Gasteiger partial charge in [-0.25, -0.2) is 0 Å². The Bertz CT molecular complexity index is 271. The molecule has 0 aromatic heterocycles. The van der Waals surface area contributed by atoms with Crippen molar-refractivity contribution in [3.05, 3.63) is 0 Å². The normalized spacial score (nSPS) is 29.9. The highest BCUT2D eigenvalue weighted by molar-refractivity contribution is 5.80. The molecule has 0 saturated heterocycles. The van der Waals surface area contributed by atoms with Gasteiger partial charge in [-0.05, 0) is 43.9 Å². The zero-order chi connectivity index (χ0) is 14.3. The van der Waals surface area contributed by atoms with Gasteiger partial charge < -0.3 is 15.7 Å². The number of aliphatic hydroxyl groups excluding tert-OH is 1. The van der Waals surface area contributed by atoms with Gasteiger partial charge in [0.2, 0.25) is 0 Å². The van der Waals surface area contributed by atoms with Crippen molar-refractivity contribution < 1.29 is 5.11 Å². The Balaban J connectivity index is 2.52. The van der Waals surface area contributed by atoms with Crippen molar-refractivity contribution in [3.8, 4) is 0 Å². The van der Waals surface area contributed by atoms with Crippen LogP contribution in [0.4, 0.5) is 0 Å². The fourth-order valence-corrected chi connectivity index (χ4v) is 2.88. The van der Waals surface area contributed by atoms with E-state index in [0.717, 1.165) is 24.3 Å². The van der Waals surface area contributed by atoms with Crippen molar-refractivity contribution in [1.29, 1.82) is 0 Å². The highest BCUT2D eigenvalue weighted by Crippen LogP contribution is 2.28. The lowest BCUT2D eigenvalue weighted by Crippen LogP contribution is -2.46. The molecule has 1 fully saturated rings. The fraction of sp³-hybridized carbons (Fsp3) is 0.933. The van der Waals surface area contributed by atoms with Crippen LogP contribution < -0.4 is 10.6 Å². The van der Waals surface area contributed by atoms with Gasteiger partial charge in [-0.2, -0.15) is 0 Å². The Morgan fingerprint density at radius 3 is 2.42 bits per heavy atom. The minimum atomic E-state index is 0.195. The van der Waals surface area contributed by atoms with Crippen molar-refractivity contribution in [2.45, 2.75) is 53.0 Å². The molecule has 0 radical (unpaired) electrons. The first-order chi connectivity index (χ1) is 9.05. The van der Waals surface area contributed by atoms with E-state index >= 15 is 0 Å². The van der Waals surface area contributed by atoms with Gasteiger partial charge in [-0.1, -0.05) is 20.8 Å². The fourth-order valence-electron chi connectivity index (χ4n) is 2.88. The van der Waals surface area contributed by atoms with Crippen LogP contribution in [0.25, 0.3) is 0 Å². The third kappa shape index (κ3) is 6.28. The van der Waals surface area contributed by atoms with Gasteiger partial charge in [0.1, 0.15) is 0 Å². The number of hydrogen-bond donors (Lipinski definition) is 3. The summed E-state index contributed by atoms with van der Waals surface area (Å²) in [5.41, 5.74) is 0. The van der Waals surface area contributed by atoms with E-state index in [1.807, 2.05) is 6.92 Å². The number of nitrogens with one attached hydrogen (secondary N) is 2. The molecule has 0 aromatic carbocycles. The molecule has 4 heteroatoms. The largest absolute Gasteiger partial charge is 0.396 e. The van der Waals surface area contributed by atoms with Crippen LogP contribution in [0.3, 0.4) is 0 Å². The summed E-state index contributed by atoms with van der Waals surface area (Å²) in [6, 6.07) is 0.529. The molecule has 3 atom stereocenters. The van der Waals surface area contributed by atoms with E-state index in [0.29, 0.717) is 12.6 Å². The van der Waals surface area contributed by atoms with Crippen LogP contribution >= 0.6 is 0 Å². The van der Waals surface area contributed by atoms with Gasteiger partial charge >= 0.3 is 0 Å². The molecule has 1 saturated carbocycles. The van der Waals surface area contributed by atoms with Gasteiger partial charge in [0.05, 0.1) is 0 Å². The molecule has 0 aliphatic heterocycles. The molecule has 1 aliphatic rings. The molecular weight excluding hydrogens is 238 g/mol. The summed E-state index contributed by atoms with van der Waals surface area (Å²) in [4.78, 5) is 4.56. The minimum absolute atomic E-state index is 0.195. The average Bonchev–Trinajstić information content (AvgIpc) is 2.34.